The van der Waals surface area contributed by atoms with Gasteiger partial charge in [-0.25, -0.2) is 0 Å². The smallest absolute Gasteiger partial charge is 0.0630 e. The summed E-state index contributed by atoms with van der Waals surface area (Å²) < 4.78 is 2.00. The lowest BCUT2D eigenvalue weighted by molar-refractivity contribution is 0.570. The first-order valence-corrected chi connectivity index (χ1v) is 5.36. The van der Waals surface area contributed by atoms with Crippen LogP contribution in [-0.2, 0) is 13.0 Å². The fourth-order valence-electron chi connectivity index (χ4n) is 1.62. The van der Waals surface area contributed by atoms with E-state index in [1.165, 1.54) is 0 Å². The van der Waals surface area contributed by atoms with Crippen molar-refractivity contribution in [1.29, 1.82) is 0 Å². The van der Waals surface area contributed by atoms with Gasteiger partial charge in [-0.05, 0) is 32.3 Å². The fraction of sp³-hybridized carbons (Fsp3) is 0.727. The second-order valence-electron chi connectivity index (χ2n) is 4.26. The molecule has 2 N–H and O–H groups in total. The van der Waals surface area contributed by atoms with Crippen molar-refractivity contribution in [3.63, 3.8) is 0 Å². The maximum absolute atomic E-state index is 5.87. The van der Waals surface area contributed by atoms with Gasteiger partial charge in [0.15, 0.2) is 0 Å². The molecule has 3 nitrogen and oxygen atoms in total. The Morgan fingerprint density at radius 3 is 2.43 bits per heavy atom. The Labute approximate surface area is 86.3 Å². The summed E-state index contributed by atoms with van der Waals surface area (Å²) in [5.41, 5.74) is 8.18. The van der Waals surface area contributed by atoms with E-state index in [4.69, 9.17) is 5.73 Å². The first-order valence-electron chi connectivity index (χ1n) is 5.36. The van der Waals surface area contributed by atoms with Crippen LogP contribution in [-0.4, -0.2) is 9.78 Å². The SMILES string of the molecule is CCn1nc(CC(C)C)cc1C(C)N. The molecule has 1 atom stereocenters. The number of aromatic nitrogens is 2. The molecule has 0 aliphatic heterocycles. The van der Waals surface area contributed by atoms with Crippen molar-refractivity contribution in [3.05, 3.63) is 17.5 Å². The molecule has 0 amide bonds. The monoisotopic (exact) mass is 195 g/mol. The number of rotatable bonds is 4. The van der Waals surface area contributed by atoms with Gasteiger partial charge < -0.3 is 5.73 Å². The number of aryl methyl sites for hydroxylation is 1. The van der Waals surface area contributed by atoms with E-state index < -0.39 is 0 Å². The average Bonchev–Trinajstić information content (AvgIpc) is 2.46. The summed E-state index contributed by atoms with van der Waals surface area (Å²) in [6.07, 6.45) is 1.03. The van der Waals surface area contributed by atoms with Crippen molar-refractivity contribution in [3.8, 4) is 0 Å². The molecule has 0 bridgehead atoms. The summed E-state index contributed by atoms with van der Waals surface area (Å²) in [7, 11) is 0. The minimum atomic E-state index is 0.0726. The predicted molar refractivity (Wildman–Crippen MR) is 59.0 cm³/mol. The quantitative estimate of drug-likeness (QED) is 0.799. The molecular weight excluding hydrogens is 174 g/mol. The molecule has 80 valence electrons. The molecule has 14 heavy (non-hydrogen) atoms. The normalized spacial score (nSPS) is 13.6. The van der Waals surface area contributed by atoms with Crippen LogP contribution in [0.5, 0.6) is 0 Å². The van der Waals surface area contributed by atoms with Gasteiger partial charge in [0.05, 0.1) is 11.4 Å². The van der Waals surface area contributed by atoms with E-state index in [9.17, 15) is 0 Å². The molecule has 1 aromatic heterocycles. The Kier molecular flexibility index (Phi) is 3.69. The van der Waals surface area contributed by atoms with Crippen LogP contribution in [0, 0.1) is 5.92 Å². The summed E-state index contributed by atoms with van der Waals surface area (Å²) in [5.74, 6) is 0.649. The molecule has 0 saturated heterocycles. The molecule has 0 spiro atoms. The Hall–Kier alpha value is -0.830. The lowest BCUT2D eigenvalue weighted by Gasteiger charge is -2.06. The first-order chi connectivity index (χ1) is 6.54. The third-order valence-corrected chi connectivity index (χ3v) is 2.25. The van der Waals surface area contributed by atoms with Crippen LogP contribution in [0.3, 0.4) is 0 Å². The molecular formula is C11H21N3. The zero-order chi connectivity index (χ0) is 10.7. The van der Waals surface area contributed by atoms with Gasteiger partial charge >= 0.3 is 0 Å². The molecule has 1 rings (SSSR count). The van der Waals surface area contributed by atoms with E-state index in [-0.39, 0.29) is 6.04 Å². The van der Waals surface area contributed by atoms with Gasteiger partial charge in [-0.15, -0.1) is 0 Å². The van der Waals surface area contributed by atoms with Crippen molar-refractivity contribution in [2.45, 2.75) is 46.7 Å². The van der Waals surface area contributed by atoms with E-state index in [0.29, 0.717) is 5.92 Å². The van der Waals surface area contributed by atoms with Gasteiger partial charge in [0, 0.05) is 12.6 Å². The van der Waals surface area contributed by atoms with Crippen LogP contribution >= 0.6 is 0 Å². The Morgan fingerprint density at radius 2 is 2.07 bits per heavy atom. The third-order valence-electron chi connectivity index (χ3n) is 2.25. The van der Waals surface area contributed by atoms with E-state index >= 15 is 0 Å². The topological polar surface area (TPSA) is 43.8 Å². The lowest BCUT2D eigenvalue weighted by Crippen LogP contribution is -2.12. The summed E-state index contributed by atoms with van der Waals surface area (Å²) in [5, 5.41) is 4.53. The summed E-state index contributed by atoms with van der Waals surface area (Å²) in [6.45, 7) is 9.41. The van der Waals surface area contributed by atoms with Crippen LogP contribution in [0.15, 0.2) is 6.07 Å². The van der Waals surface area contributed by atoms with Crippen molar-refractivity contribution < 1.29 is 0 Å². The zero-order valence-electron chi connectivity index (χ0n) is 9.62. The molecule has 0 saturated carbocycles. The predicted octanol–water partition coefficient (Wildman–Crippen LogP) is 2.12. The minimum Gasteiger partial charge on any atom is -0.323 e. The zero-order valence-corrected chi connectivity index (χ0v) is 9.62. The highest BCUT2D eigenvalue weighted by Gasteiger charge is 2.10. The third kappa shape index (κ3) is 2.58. The van der Waals surface area contributed by atoms with Gasteiger partial charge in [-0.1, -0.05) is 13.8 Å². The molecule has 0 radical (unpaired) electrons. The molecule has 1 aromatic rings. The fourth-order valence-corrected chi connectivity index (χ4v) is 1.62. The van der Waals surface area contributed by atoms with Crippen LogP contribution < -0.4 is 5.73 Å². The summed E-state index contributed by atoms with van der Waals surface area (Å²) in [6, 6.07) is 2.21. The van der Waals surface area contributed by atoms with Gasteiger partial charge in [-0.3, -0.25) is 4.68 Å². The molecule has 0 aliphatic carbocycles. The standard InChI is InChI=1S/C11H21N3/c1-5-14-11(9(4)12)7-10(13-14)6-8(2)3/h7-9H,5-6,12H2,1-4H3. The maximum Gasteiger partial charge on any atom is 0.0630 e. The van der Waals surface area contributed by atoms with Gasteiger partial charge in [0.2, 0.25) is 0 Å². The largest absolute Gasteiger partial charge is 0.323 e. The first kappa shape index (κ1) is 11.2. The van der Waals surface area contributed by atoms with Gasteiger partial charge in [0.1, 0.15) is 0 Å². The van der Waals surface area contributed by atoms with E-state index in [1.807, 2.05) is 11.6 Å². The summed E-state index contributed by atoms with van der Waals surface area (Å²) in [4.78, 5) is 0. The second kappa shape index (κ2) is 4.60. The number of nitrogens with two attached hydrogens (primary N) is 1. The molecule has 1 unspecified atom stereocenters. The highest BCUT2D eigenvalue weighted by Crippen LogP contribution is 2.14. The minimum absolute atomic E-state index is 0.0726. The number of hydrogen-bond donors (Lipinski definition) is 1. The van der Waals surface area contributed by atoms with E-state index in [0.717, 1.165) is 24.4 Å². The Bertz CT molecular complexity index is 287. The van der Waals surface area contributed by atoms with Crippen molar-refractivity contribution in [2.75, 3.05) is 0 Å². The molecule has 1 heterocycles. The highest BCUT2D eigenvalue weighted by molar-refractivity contribution is 5.13. The Balaban J connectivity index is 2.89. The van der Waals surface area contributed by atoms with E-state index in [1.54, 1.807) is 0 Å². The molecule has 3 heteroatoms. The number of nitrogens with zero attached hydrogens (tertiary/aromatic N) is 2. The van der Waals surface area contributed by atoms with Crippen LogP contribution in [0.1, 0.15) is 45.1 Å². The van der Waals surface area contributed by atoms with Crippen LogP contribution in [0.4, 0.5) is 0 Å². The van der Waals surface area contributed by atoms with E-state index in [2.05, 4.69) is 31.9 Å². The molecule has 0 aliphatic rings. The lowest BCUT2D eigenvalue weighted by atomic mass is 10.1. The van der Waals surface area contributed by atoms with Crippen LogP contribution in [0.2, 0.25) is 0 Å². The highest BCUT2D eigenvalue weighted by atomic mass is 15.3. The van der Waals surface area contributed by atoms with Gasteiger partial charge in [-0.2, -0.15) is 5.10 Å². The van der Waals surface area contributed by atoms with Gasteiger partial charge in [0.25, 0.3) is 0 Å². The summed E-state index contributed by atoms with van der Waals surface area (Å²) >= 11 is 0. The Morgan fingerprint density at radius 1 is 1.43 bits per heavy atom. The maximum atomic E-state index is 5.87. The van der Waals surface area contributed by atoms with Crippen LogP contribution in [0.25, 0.3) is 0 Å². The molecule has 0 aromatic carbocycles. The van der Waals surface area contributed by atoms with Crippen molar-refractivity contribution >= 4 is 0 Å². The molecule has 0 fully saturated rings. The average molecular weight is 195 g/mol. The van der Waals surface area contributed by atoms with Crippen molar-refractivity contribution in [1.82, 2.24) is 9.78 Å². The second-order valence-corrected chi connectivity index (χ2v) is 4.26. The number of hydrogen-bond acceptors (Lipinski definition) is 2. The van der Waals surface area contributed by atoms with Crippen molar-refractivity contribution in [2.24, 2.45) is 11.7 Å².